The second kappa shape index (κ2) is 5.17. The highest BCUT2D eigenvalue weighted by Gasteiger charge is 2.56. The number of nitrogens with zero attached hydrogens (tertiary/aromatic N) is 4. The van der Waals surface area contributed by atoms with Gasteiger partial charge in [0.25, 0.3) is 5.91 Å². The fourth-order valence-corrected chi connectivity index (χ4v) is 3.31. The fourth-order valence-electron chi connectivity index (χ4n) is 3.12. The zero-order valence-corrected chi connectivity index (χ0v) is 13.7. The Morgan fingerprint density at radius 3 is 2.71 bits per heavy atom. The summed E-state index contributed by atoms with van der Waals surface area (Å²) in [5, 5.41) is 8.68. The monoisotopic (exact) mass is 344 g/mol. The predicted octanol–water partition coefficient (Wildman–Crippen LogP) is 1.67. The van der Waals surface area contributed by atoms with Crippen molar-refractivity contribution >= 4 is 34.8 Å². The number of carbonyl (C=O) groups is 2. The molecule has 2 aliphatic heterocycles. The minimum atomic E-state index is -0.939. The van der Waals surface area contributed by atoms with Crippen molar-refractivity contribution in [2.75, 3.05) is 4.90 Å². The molecule has 0 spiro atoms. The molecule has 2 amide bonds. The number of oxime groups is 1. The third-order valence-corrected chi connectivity index (χ3v) is 4.40. The number of anilines is 1. The van der Waals surface area contributed by atoms with E-state index in [2.05, 4.69) is 10.3 Å². The lowest BCUT2D eigenvalue weighted by Gasteiger charge is -2.15. The molecule has 122 valence electrons. The van der Waals surface area contributed by atoms with Gasteiger partial charge in [0.05, 0.1) is 11.4 Å². The van der Waals surface area contributed by atoms with Gasteiger partial charge in [0.1, 0.15) is 11.6 Å². The third-order valence-electron chi connectivity index (χ3n) is 4.17. The molecule has 8 heteroatoms. The summed E-state index contributed by atoms with van der Waals surface area (Å²) < 4.78 is 1.64. The molecule has 4 rings (SSSR count). The maximum absolute atomic E-state index is 12.9. The van der Waals surface area contributed by atoms with E-state index < -0.39 is 17.9 Å². The van der Waals surface area contributed by atoms with Crippen LogP contribution >= 0.6 is 11.6 Å². The lowest BCUT2D eigenvalue weighted by molar-refractivity contribution is -0.126. The average molecular weight is 345 g/mol. The van der Waals surface area contributed by atoms with Gasteiger partial charge in [0.15, 0.2) is 0 Å². The predicted molar refractivity (Wildman–Crippen MR) is 86.8 cm³/mol. The Morgan fingerprint density at radius 1 is 1.25 bits per heavy atom. The van der Waals surface area contributed by atoms with E-state index in [1.807, 2.05) is 6.92 Å². The zero-order chi connectivity index (χ0) is 17.0. The fraction of sp³-hybridized carbons (Fsp3) is 0.250. The van der Waals surface area contributed by atoms with Crippen molar-refractivity contribution in [3.63, 3.8) is 0 Å². The number of aromatic nitrogens is 2. The van der Waals surface area contributed by atoms with Crippen LogP contribution in [0.2, 0.25) is 5.02 Å². The summed E-state index contributed by atoms with van der Waals surface area (Å²) in [5.74, 6) is -1.57. The largest absolute Gasteiger partial charge is 0.381 e. The SMILES string of the molecule is Cc1nn(C)cc1C1=NO[C@@H]2C(=O)N(c3cccc(Cl)c3)C(=O)[C@@H]12. The van der Waals surface area contributed by atoms with Crippen molar-refractivity contribution in [2.45, 2.75) is 13.0 Å². The first kappa shape index (κ1) is 14.9. The van der Waals surface area contributed by atoms with Crippen molar-refractivity contribution in [2.24, 2.45) is 18.1 Å². The van der Waals surface area contributed by atoms with Gasteiger partial charge in [-0.05, 0) is 25.1 Å². The van der Waals surface area contributed by atoms with E-state index in [9.17, 15) is 9.59 Å². The Bertz CT molecular complexity index is 904. The molecular formula is C16H13ClN4O3. The van der Waals surface area contributed by atoms with Crippen LogP contribution in [0.3, 0.4) is 0 Å². The maximum Gasteiger partial charge on any atom is 0.278 e. The molecule has 24 heavy (non-hydrogen) atoms. The van der Waals surface area contributed by atoms with E-state index >= 15 is 0 Å². The quantitative estimate of drug-likeness (QED) is 0.777. The minimum absolute atomic E-state index is 0.369. The third kappa shape index (κ3) is 2.05. The first-order valence-electron chi connectivity index (χ1n) is 7.35. The molecule has 3 heterocycles. The number of halogens is 1. The molecule has 2 aromatic rings. The number of fused-ring (bicyclic) bond motifs is 1. The number of benzene rings is 1. The molecule has 0 saturated carbocycles. The van der Waals surface area contributed by atoms with Crippen LogP contribution < -0.4 is 4.90 Å². The Labute approximate surface area is 142 Å². The molecule has 1 saturated heterocycles. The molecule has 2 aliphatic rings. The van der Waals surface area contributed by atoms with Crippen LogP contribution in [0.4, 0.5) is 5.69 Å². The lowest BCUT2D eigenvalue weighted by atomic mass is 9.94. The standard InChI is InChI=1S/C16H13ClN4O3/c1-8-11(7-20(2)18-8)13-12-14(24-19-13)16(23)21(15(12)22)10-5-3-4-9(17)6-10/h3-7,12,14H,1-2H3/t12-,14-/m0/s1. The topological polar surface area (TPSA) is 76.8 Å². The van der Waals surface area contributed by atoms with E-state index in [-0.39, 0.29) is 5.91 Å². The number of hydrogen-bond acceptors (Lipinski definition) is 5. The number of aryl methyl sites for hydroxylation is 2. The summed E-state index contributed by atoms with van der Waals surface area (Å²) in [6, 6.07) is 6.60. The van der Waals surface area contributed by atoms with Crippen LogP contribution in [0.15, 0.2) is 35.6 Å². The van der Waals surface area contributed by atoms with E-state index in [1.54, 1.807) is 42.2 Å². The summed E-state index contributed by atoms with van der Waals surface area (Å²) in [7, 11) is 1.78. The van der Waals surface area contributed by atoms with Gasteiger partial charge in [-0.1, -0.05) is 22.8 Å². The first-order valence-corrected chi connectivity index (χ1v) is 7.73. The molecule has 0 radical (unpaired) electrons. The zero-order valence-electron chi connectivity index (χ0n) is 12.9. The van der Waals surface area contributed by atoms with Gasteiger partial charge in [-0.15, -0.1) is 0 Å². The minimum Gasteiger partial charge on any atom is -0.381 e. The molecule has 0 N–H and O–H groups in total. The van der Waals surface area contributed by atoms with Gasteiger partial charge in [-0.2, -0.15) is 5.10 Å². The van der Waals surface area contributed by atoms with Crippen molar-refractivity contribution in [3.05, 3.63) is 46.7 Å². The molecular weight excluding hydrogens is 332 g/mol. The molecule has 1 aromatic carbocycles. The Morgan fingerprint density at radius 2 is 2.04 bits per heavy atom. The molecule has 7 nitrogen and oxygen atoms in total. The molecule has 1 fully saturated rings. The normalized spacial score (nSPS) is 22.6. The molecule has 2 atom stereocenters. The summed E-state index contributed by atoms with van der Waals surface area (Å²) in [6.45, 7) is 1.82. The smallest absolute Gasteiger partial charge is 0.278 e. The Balaban J connectivity index is 1.74. The molecule has 0 unspecified atom stereocenters. The van der Waals surface area contributed by atoms with Gasteiger partial charge in [0, 0.05) is 23.8 Å². The second-order valence-corrected chi connectivity index (χ2v) is 6.21. The average Bonchev–Trinajstić information content (AvgIpc) is 3.16. The lowest BCUT2D eigenvalue weighted by Crippen LogP contribution is -2.33. The van der Waals surface area contributed by atoms with Gasteiger partial charge in [-0.25, -0.2) is 4.90 Å². The van der Waals surface area contributed by atoms with Crippen molar-refractivity contribution in [3.8, 4) is 0 Å². The van der Waals surface area contributed by atoms with Crippen molar-refractivity contribution < 1.29 is 14.4 Å². The van der Waals surface area contributed by atoms with Gasteiger partial charge < -0.3 is 4.84 Å². The van der Waals surface area contributed by atoms with Crippen LogP contribution in [0, 0.1) is 12.8 Å². The van der Waals surface area contributed by atoms with Crippen LogP contribution in [0.5, 0.6) is 0 Å². The Kier molecular flexibility index (Phi) is 3.21. The van der Waals surface area contributed by atoms with Crippen molar-refractivity contribution in [1.29, 1.82) is 0 Å². The van der Waals surface area contributed by atoms with E-state index in [1.165, 1.54) is 0 Å². The van der Waals surface area contributed by atoms with E-state index in [0.29, 0.717) is 22.0 Å². The number of carbonyl (C=O) groups excluding carboxylic acids is 2. The first-order chi connectivity index (χ1) is 11.5. The molecule has 0 aliphatic carbocycles. The molecule has 1 aromatic heterocycles. The van der Waals surface area contributed by atoms with Crippen molar-refractivity contribution in [1.82, 2.24) is 9.78 Å². The van der Waals surface area contributed by atoms with Gasteiger partial charge in [-0.3, -0.25) is 14.3 Å². The van der Waals surface area contributed by atoms with Crippen LogP contribution in [0.25, 0.3) is 0 Å². The van der Waals surface area contributed by atoms with E-state index in [4.69, 9.17) is 16.4 Å². The number of rotatable bonds is 2. The summed E-state index contributed by atoms with van der Waals surface area (Å²) in [5.41, 5.74) is 2.30. The highest BCUT2D eigenvalue weighted by Crippen LogP contribution is 2.36. The number of imide groups is 1. The summed E-state index contributed by atoms with van der Waals surface area (Å²) in [4.78, 5) is 31.9. The van der Waals surface area contributed by atoms with E-state index in [0.717, 1.165) is 10.6 Å². The maximum atomic E-state index is 12.9. The number of hydrogen-bond donors (Lipinski definition) is 0. The van der Waals surface area contributed by atoms with Gasteiger partial charge in [0.2, 0.25) is 12.0 Å². The summed E-state index contributed by atoms with van der Waals surface area (Å²) >= 11 is 5.97. The second-order valence-electron chi connectivity index (χ2n) is 5.77. The Hall–Kier alpha value is -2.67. The highest BCUT2D eigenvalue weighted by atomic mass is 35.5. The summed E-state index contributed by atoms with van der Waals surface area (Å²) in [6.07, 6.45) is 0.825. The van der Waals surface area contributed by atoms with Gasteiger partial charge >= 0.3 is 0 Å². The van der Waals surface area contributed by atoms with Crippen LogP contribution in [0.1, 0.15) is 11.3 Å². The molecule has 0 bridgehead atoms. The number of amides is 2. The highest BCUT2D eigenvalue weighted by molar-refractivity contribution is 6.34. The van der Waals surface area contributed by atoms with Crippen LogP contribution in [-0.4, -0.2) is 33.4 Å². The van der Waals surface area contributed by atoms with Crippen LogP contribution in [-0.2, 0) is 21.5 Å².